The monoisotopic (exact) mass is 395 g/mol. The van der Waals surface area contributed by atoms with E-state index >= 15 is 0 Å². The largest absolute Gasteiger partial charge is 1.00 e. The van der Waals surface area contributed by atoms with E-state index in [-0.39, 0.29) is 33.9 Å². The summed E-state index contributed by atoms with van der Waals surface area (Å²) >= 11 is 1.58. The molecular weight excluding hydrogens is 374 g/mol. The van der Waals surface area contributed by atoms with Crippen LogP contribution in [0.5, 0.6) is 5.75 Å². The fraction of sp³-hybridized carbons (Fsp3) is 0.333. The average Bonchev–Trinajstić information content (AvgIpc) is 2.78. The first-order chi connectivity index (χ1) is 10.2. The standard InChI is InChI=1S/C18H21NO2S.BrH/c1-6-17-12(2)19(11-22-17)10-16(21)14-8-7-13(20)9-15(14)18(3,4)5;/h6-9,11H,1,10H2,2-5H3;1H. The molecular formula is C18H22BrNO2S. The molecule has 0 saturated heterocycles. The number of hydrogen-bond acceptors (Lipinski definition) is 3. The highest BCUT2D eigenvalue weighted by Crippen LogP contribution is 2.29. The Hall–Kier alpha value is -1.46. The van der Waals surface area contributed by atoms with Crippen LogP contribution in [0.15, 0.2) is 30.3 Å². The summed E-state index contributed by atoms with van der Waals surface area (Å²) in [5, 5.41) is 9.73. The lowest BCUT2D eigenvalue weighted by atomic mass is 9.82. The van der Waals surface area contributed by atoms with Gasteiger partial charge in [0, 0.05) is 12.5 Å². The van der Waals surface area contributed by atoms with E-state index in [1.54, 1.807) is 29.5 Å². The van der Waals surface area contributed by atoms with E-state index in [4.69, 9.17) is 0 Å². The van der Waals surface area contributed by atoms with Crippen LogP contribution < -0.4 is 21.5 Å². The predicted molar refractivity (Wildman–Crippen MR) is 90.5 cm³/mol. The molecule has 0 spiro atoms. The molecule has 23 heavy (non-hydrogen) atoms. The van der Waals surface area contributed by atoms with E-state index in [0.29, 0.717) is 12.1 Å². The maximum absolute atomic E-state index is 12.7. The summed E-state index contributed by atoms with van der Waals surface area (Å²) in [6.07, 6.45) is 1.81. The number of ketones is 1. The molecule has 1 N–H and O–H groups in total. The smallest absolute Gasteiger partial charge is 0.227 e. The minimum absolute atomic E-state index is 0. The van der Waals surface area contributed by atoms with Crippen molar-refractivity contribution in [2.24, 2.45) is 0 Å². The van der Waals surface area contributed by atoms with Crippen LogP contribution in [-0.4, -0.2) is 10.9 Å². The second kappa shape index (κ2) is 7.41. The molecule has 1 heterocycles. The summed E-state index contributed by atoms with van der Waals surface area (Å²) < 4.78 is 1.95. The Labute approximate surface area is 152 Å². The van der Waals surface area contributed by atoms with Gasteiger partial charge in [-0.2, -0.15) is 4.57 Å². The fourth-order valence-corrected chi connectivity index (χ4v) is 3.27. The third-order valence-electron chi connectivity index (χ3n) is 3.71. The number of thiazole rings is 1. The number of aromatic hydroxyl groups is 1. The van der Waals surface area contributed by atoms with E-state index in [1.807, 2.05) is 43.8 Å². The SMILES string of the molecule is C=Cc1sc[n+](CC(=O)c2ccc(O)cc2C(C)(C)C)c1C.[Br-]. The fourth-order valence-electron chi connectivity index (χ4n) is 2.41. The highest BCUT2D eigenvalue weighted by atomic mass is 79.9. The second-order valence-corrected chi connectivity index (χ2v) is 7.29. The van der Waals surface area contributed by atoms with Crippen LogP contribution in [0.3, 0.4) is 0 Å². The van der Waals surface area contributed by atoms with Gasteiger partial charge in [0.2, 0.25) is 17.8 Å². The highest BCUT2D eigenvalue weighted by Gasteiger charge is 2.25. The molecule has 0 aliphatic carbocycles. The minimum Gasteiger partial charge on any atom is -1.00 e. The Morgan fingerprint density at radius 2 is 2.04 bits per heavy atom. The van der Waals surface area contributed by atoms with Crippen molar-refractivity contribution in [3.8, 4) is 5.75 Å². The van der Waals surface area contributed by atoms with Crippen LogP contribution in [0, 0.1) is 6.92 Å². The van der Waals surface area contributed by atoms with Gasteiger partial charge in [0.15, 0.2) is 5.69 Å². The normalized spacial score (nSPS) is 11.0. The Morgan fingerprint density at radius 3 is 2.57 bits per heavy atom. The van der Waals surface area contributed by atoms with Crippen molar-refractivity contribution in [2.75, 3.05) is 0 Å². The number of Topliss-reactive ketones (excluding diaryl/α,β-unsaturated/α-hetero) is 1. The van der Waals surface area contributed by atoms with Gasteiger partial charge in [-0.05, 0) is 35.3 Å². The second-order valence-electron chi connectivity index (χ2n) is 6.41. The molecule has 0 aliphatic heterocycles. The molecule has 0 unspecified atom stereocenters. The number of benzene rings is 1. The Balaban J connectivity index is 0.00000264. The van der Waals surface area contributed by atoms with Gasteiger partial charge >= 0.3 is 0 Å². The minimum atomic E-state index is -0.204. The molecule has 1 aromatic heterocycles. The van der Waals surface area contributed by atoms with Crippen molar-refractivity contribution in [1.29, 1.82) is 0 Å². The zero-order chi connectivity index (χ0) is 16.5. The highest BCUT2D eigenvalue weighted by molar-refractivity contribution is 7.10. The van der Waals surface area contributed by atoms with Crippen molar-refractivity contribution < 1.29 is 31.4 Å². The van der Waals surface area contributed by atoms with Crippen LogP contribution in [0.25, 0.3) is 6.08 Å². The summed E-state index contributed by atoms with van der Waals surface area (Å²) in [6, 6.07) is 4.98. The van der Waals surface area contributed by atoms with E-state index in [2.05, 4.69) is 6.58 Å². The maximum Gasteiger partial charge on any atom is 0.227 e. The van der Waals surface area contributed by atoms with Crippen LogP contribution in [0.2, 0.25) is 0 Å². The van der Waals surface area contributed by atoms with Gasteiger partial charge in [0.1, 0.15) is 5.75 Å². The summed E-state index contributed by atoms with van der Waals surface area (Å²) in [4.78, 5) is 13.8. The molecule has 0 bridgehead atoms. The molecule has 2 aromatic rings. The van der Waals surface area contributed by atoms with E-state index in [0.717, 1.165) is 16.1 Å². The number of rotatable bonds is 4. The number of phenols is 1. The third kappa shape index (κ3) is 4.30. The van der Waals surface area contributed by atoms with Gasteiger partial charge in [-0.1, -0.05) is 38.7 Å². The first-order valence-electron chi connectivity index (χ1n) is 7.20. The molecule has 5 heteroatoms. The van der Waals surface area contributed by atoms with Crippen molar-refractivity contribution >= 4 is 23.2 Å². The quantitative estimate of drug-likeness (QED) is 0.616. The molecule has 1 aromatic carbocycles. The van der Waals surface area contributed by atoms with Crippen molar-refractivity contribution in [3.05, 3.63) is 52.0 Å². The van der Waals surface area contributed by atoms with Gasteiger partial charge in [0.05, 0.1) is 4.88 Å². The van der Waals surface area contributed by atoms with Gasteiger partial charge in [0.25, 0.3) is 0 Å². The zero-order valence-corrected chi connectivity index (χ0v) is 16.3. The molecule has 0 atom stereocenters. The van der Waals surface area contributed by atoms with E-state index < -0.39 is 0 Å². The first-order valence-corrected chi connectivity index (χ1v) is 8.08. The van der Waals surface area contributed by atoms with Crippen LogP contribution in [0.4, 0.5) is 0 Å². The molecule has 0 aliphatic rings. The molecule has 0 amide bonds. The average molecular weight is 396 g/mol. The topological polar surface area (TPSA) is 41.2 Å². The Bertz CT molecular complexity index is 729. The molecule has 0 radical (unpaired) electrons. The number of carbonyl (C=O) groups is 1. The number of nitrogens with zero attached hydrogens (tertiary/aromatic N) is 1. The van der Waals surface area contributed by atoms with Gasteiger partial charge in [-0.15, -0.1) is 0 Å². The van der Waals surface area contributed by atoms with E-state index in [9.17, 15) is 9.90 Å². The predicted octanol–water partition coefficient (Wildman–Crippen LogP) is 0.877. The molecule has 2 rings (SSSR count). The van der Waals surface area contributed by atoms with E-state index in [1.165, 1.54) is 0 Å². The van der Waals surface area contributed by atoms with Crippen molar-refractivity contribution in [3.63, 3.8) is 0 Å². The lowest BCUT2D eigenvalue weighted by molar-refractivity contribution is -0.684. The van der Waals surface area contributed by atoms with Gasteiger partial charge in [-0.3, -0.25) is 4.79 Å². The lowest BCUT2D eigenvalue weighted by Crippen LogP contribution is -3.00. The van der Waals surface area contributed by atoms with Crippen LogP contribution in [0.1, 0.15) is 47.3 Å². The maximum atomic E-state index is 12.7. The summed E-state index contributed by atoms with van der Waals surface area (Å²) in [5.41, 5.74) is 4.33. The number of hydrogen-bond donors (Lipinski definition) is 1. The van der Waals surface area contributed by atoms with Crippen LogP contribution in [-0.2, 0) is 12.0 Å². The Kier molecular flexibility index (Phi) is 6.31. The number of carbonyl (C=O) groups excluding carboxylic acids is 1. The van der Waals surface area contributed by atoms with Crippen molar-refractivity contribution in [2.45, 2.75) is 39.7 Å². The van der Waals surface area contributed by atoms with Crippen molar-refractivity contribution in [1.82, 2.24) is 0 Å². The molecule has 0 saturated carbocycles. The lowest BCUT2D eigenvalue weighted by Gasteiger charge is -2.22. The number of phenolic OH excluding ortho intramolecular Hbond substituents is 1. The molecule has 124 valence electrons. The summed E-state index contributed by atoms with van der Waals surface area (Å²) in [5.74, 6) is 0.237. The van der Waals surface area contributed by atoms with Gasteiger partial charge < -0.3 is 22.1 Å². The summed E-state index contributed by atoms with van der Waals surface area (Å²) in [7, 11) is 0. The summed E-state index contributed by atoms with van der Waals surface area (Å²) in [6.45, 7) is 12.2. The van der Waals surface area contributed by atoms with Gasteiger partial charge in [-0.25, -0.2) is 0 Å². The third-order valence-corrected chi connectivity index (χ3v) is 4.78. The number of halogens is 1. The zero-order valence-electron chi connectivity index (χ0n) is 13.9. The number of aromatic nitrogens is 1. The molecule has 0 fully saturated rings. The van der Waals surface area contributed by atoms with Crippen LogP contribution >= 0.6 is 11.3 Å². The molecule has 3 nitrogen and oxygen atoms in total. The Morgan fingerprint density at radius 1 is 1.39 bits per heavy atom. The first kappa shape index (κ1) is 19.6.